The predicted molar refractivity (Wildman–Crippen MR) is 72.4 cm³/mol. The molecule has 1 heterocycles. The van der Waals surface area contributed by atoms with E-state index in [1.54, 1.807) is 11.3 Å². The molecule has 1 aliphatic carbocycles. The third-order valence-corrected chi connectivity index (χ3v) is 4.78. The Morgan fingerprint density at radius 1 is 1.25 bits per heavy atom. The highest BCUT2D eigenvalue weighted by atomic mass is 35.5. The molecule has 1 aromatic heterocycles. The fourth-order valence-electron chi connectivity index (χ4n) is 2.44. The van der Waals surface area contributed by atoms with E-state index in [1.165, 1.54) is 43.4 Å². The third kappa shape index (κ3) is 3.47. The minimum atomic E-state index is 0.445. The zero-order valence-corrected chi connectivity index (χ0v) is 11.4. The number of nitrogens with one attached hydrogen (secondary N) is 1. The summed E-state index contributed by atoms with van der Waals surface area (Å²) in [6.45, 7) is 2.24. The first-order chi connectivity index (χ1) is 7.75. The van der Waals surface area contributed by atoms with Gasteiger partial charge in [0.25, 0.3) is 0 Å². The van der Waals surface area contributed by atoms with Crippen molar-refractivity contribution in [1.29, 1.82) is 0 Å². The van der Waals surface area contributed by atoms with E-state index in [2.05, 4.69) is 18.3 Å². The molecule has 1 N–H and O–H groups in total. The van der Waals surface area contributed by atoms with Crippen LogP contribution in [0.2, 0.25) is 4.34 Å². The molecule has 0 saturated heterocycles. The maximum absolute atomic E-state index is 5.96. The maximum atomic E-state index is 5.96. The van der Waals surface area contributed by atoms with Gasteiger partial charge < -0.3 is 5.32 Å². The highest BCUT2D eigenvalue weighted by Gasteiger charge is 2.16. The molecule has 16 heavy (non-hydrogen) atoms. The number of halogens is 1. The summed E-state index contributed by atoms with van der Waals surface area (Å²) in [5, 5.41) is 3.74. The Bertz CT molecular complexity index is 315. The van der Waals surface area contributed by atoms with Gasteiger partial charge in [0.2, 0.25) is 0 Å². The molecule has 1 aromatic rings. The Kier molecular flexibility index (Phi) is 4.68. The average molecular weight is 258 g/mol. The van der Waals surface area contributed by atoms with E-state index in [0.717, 1.165) is 4.34 Å². The molecule has 0 amide bonds. The number of hydrogen-bond donors (Lipinski definition) is 1. The Morgan fingerprint density at radius 2 is 1.94 bits per heavy atom. The second kappa shape index (κ2) is 6.04. The summed E-state index contributed by atoms with van der Waals surface area (Å²) < 4.78 is 0.893. The van der Waals surface area contributed by atoms with Crippen molar-refractivity contribution in [3.63, 3.8) is 0 Å². The van der Waals surface area contributed by atoms with Gasteiger partial charge in [-0.1, -0.05) is 37.3 Å². The Labute approximate surface area is 107 Å². The molecule has 1 saturated carbocycles. The molecule has 0 aromatic carbocycles. The molecular weight excluding hydrogens is 238 g/mol. The summed E-state index contributed by atoms with van der Waals surface area (Å²) >= 11 is 7.66. The number of thiophene rings is 1. The van der Waals surface area contributed by atoms with Gasteiger partial charge in [-0.15, -0.1) is 11.3 Å². The third-order valence-electron chi connectivity index (χ3n) is 3.36. The van der Waals surface area contributed by atoms with Gasteiger partial charge in [-0.2, -0.15) is 0 Å². The summed E-state index contributed by atoms with van der Waals surface area (Å²) in [4.78, 5) is 1.36. The lowest BCUT2D eigenvalue weighted by molar-refractivity contribution is 0.417. The average Bonchev–Trinajstić information content (AvgIpc) is 2.54. The van der Waals surface area contributed by atoms with Gasteiger partial charge in [0.1, 0.15) is 0 Å². The van der Waals surface area contributed by atoms with Crippen LogP contribution >= 0.6 is 22.9 Å². The summed E-state index contributed by atoms with van der Waals surface area (Å²) in [5.74, 6) is 0. The minimum Gasteiger partial charge on any atom is -0.307 e. The maximum Gasteiger partial charge on any atom is 0.0931 e. The first-order valence-corrected chi connectivity index (χ1v) is 7.46. The Balaban J connectivity index is 1.88. The molecule has 3 heteroatoms. The molecule has 2 rings (SSSR count). The molecule has 1 atom stereocenters. The number of hydrogen-bond acceptors (Lipinski definition) is 2. The van der Waals surface area contributed by atoms with Crippen molar-refractivity contribution in [3.05, 3.63) is 21.3 Å². The molecule has 0 radical (unpaired) electrons. The predicted octanol–water partition coefficient (Wildman–Crippen LogP) is 4.77. The van der Waals surface area contributed by atoms with Gasteiger partial charge in [0.15, 0.2) is 0 Å². The van der Waals surface area contributed by atoms with Crippen LogP contribution in [-0.2, 0) is 0 Å². The van der Waals surface area contributed by atoms with Gasteiger partial charge in [0.05, 0.1) is 4.34 Å². The smallest absolute Gasteiger partial charge is 0.0931 e. The van der Waals surface area contributed by atoms with E-state index in [4.69, 9.17) is 11.6 Å². The van der Waals surface area contributed by atoms with Gasteiger partial charge in [-0.3, -0.25) is 0 Å². The Hall–Kier alpha value is -0.0500. The second-order valence-corrected chi connectivity index (χ2v) is 6.47. The van der Waals surface area contributed by atoms with Crippen molar-refractivity contribution >= 4 is 22.9 Å². The first-order valence-electron chi connectivity index (χ1n) is 6.27. The van der Waals surface area contributed by atoms with Crippen LogP contribution in [0, 0.1) is 0 Å². The highest BCUT2D eigenvalue weighted by Crippen LogP contribution is 2.28. The molecule has 0 aliphatic heterocycles. The quantitative estimate of drug-likeness (QED) is 0.769. The van der Waals surface area contributed by atoms with E-state index in [1.807, 2.05) is 6.07 Å². The van der Waals surface area contributed by atoms with E-state index in [9.17, 15) is 0 Å². The zero-order chi connectivity index (χ0) is 11.4. The van der Waals surface area contributed by atoms with Crippen LogP contribution in [-0.4, -0.2) is 6.04 Å². The fourth-order valence-corrected chi connectivity index (χ4v) is 3.52. The van der Waals surface area contributed by atoms with Crippen LogP contribution in [0.1, 0.15) is 56.4 Å². The monoisotopic (exact) mass is 257 g/mol. The summed E-state index contributed by atoms with van der Waals surface area (Å²) in [6.07, 6.45) is 8.27. The van der Waals surface area contributed by atoms with Gasteiger partial charge in [0, 0.05) is 17.0 Å². The zero-order valence-electron chi connectivity index (χ0n) is 9.84. The molecule has 1 aliphatic rings. The van der Waals surface area contributed by atoms with E-state index in [0.29, 0.717) is 12.1 Å². The van der Waals surface area contributed by atoms with Crippen LogP contribution in [0.5, 0.6) is 0 Å². The lowest BCUT2D eigenvalue weighted by Gasteiger charge is -2.21. The van der Waals surface area contributed by atoms with Gasteiger partial charge >= 0.3 is 0 Å². The Morgan fingerprint density at radius 3 is 2.50 bits per heavy atom. The lowest BCUT2D eigenvalue weighted by atomic mass is 10.1. The van der Waals surface area contributed by atoms with E-state index in [-0.39, 0.29) is 0 Å². The standard InChI is InChI=1S/C13H20ClNS/c1-10(12-8-9-13(14)16-12)15-11-6-4-2-3-5-7-11/h8-11,15H,2-7H2,1H3. The summed E-state index contributed by atoms with van der Waals surface area (Å²) in [7, 11) is 0. The molecule has 1 unspecified atom stereocenters. The van der Waals surface area contributed by atoms with Crippen LogP contribution in [0.25, 0.3) is 0 Å². The normalized spacial score (nSPS) is 20.6. The fraction of sp³-hybridized carbons (Fsp3) is 0.692. The molecule has 90 valence electrons. The summed E-state index contributed by atoms with van der Waals surface area (Å²) in [6, 6.07) is 5.28. The SMILES string of the molecule is CC(NC1CCCCCC1)c1ccc(Cl)s1. The van der Waals surface area contributed by atoms with Gasteiger partial charge in [-0.25, -0.2) is 0 Å². The lowest BCUT2D eigenvalue weighted by Crippen LogP contribution is -2.30. The van der Waals surface area contributed by atoms with Crippen molar-refractivity contribution < 1.29 is 0 Å². The van der Waals surface area contributed by atoms with Crippen molar-refractivity contribution in [2.45, 2.75) is 57.5 Å². The van der Waals surface area contributed by atoms with Crippen molar-refractivity contribution in [3.8, 4) is 0 Å². The second-order valence-electron chi connectivity index (χ2n) is 4.72. The van der Waals surface area contributed by atoms with E-state index >= 15 is 0 Å². The molecule has 0 spiro atoms. The molecule has 0 bridgehead atoms. The molecule has 1 nitrogen and oxygen atoms in total. The highest BCUT2D eigenvalue weighted by molar-refractivity contribution is 7.16. The molecule has 1 fully saturated rings. The van der Waals surface area contributed by atoms with Crippen LogP contribution in [0.3, 0.4) is 0 Å². The van der Waals surface area contributed by atoms with Crippen molar-refractivity contribution in [1.82, 2.24) is 5.32 Å². The van der Waals surface area contributed by atoms with Crippen LogP contribution in [0.15, 0.2) is 12.1 Å². The molecular formula is C13H20ClNS. The van der Waals surface area contributed by atoms with Crippen LogP contribution < -0.4 is 5.32 Å². The minimum absolute atomic E-state index is 0.445. The summed E-state index contributed by atoms with van der Waals surface area (Å²) in [5.41, 5.74) is 0. The van der Waals surface area contributed by atoms with Crippen LogP contribution in [0.4, 0.5) is 0 Å². The van der Waals surface area contributed by atoms with E-state index < -0.39 is 0 Å². The van der Waals surface area contributed by atoms with Crippen molar-refractivity contribution in [2.24, 2.45) is 0 Å². The van der Waals surface area contributed by atoms with Gasteiger partial charge in [-0.05, 0) is 31.9 Å². The van der Waals surface area contributed by atoms with Crippen molar-refractivity contribution in [2.75, 3.05) is 0 Å². The first kappa shape index (κ1) is 12.4. The topological polar surface area (TPSA) is 12.0 Å². The number of rotatable bonds is 3. The largest absolute Gasteiger partial charge is 0.307 e.